The van der Waals surface area contributed by atoms with Crippen LogP contribution in [-0.2, 0) is 4.74 Å². The third-order valence-electron chi connectivity index (χ3n) is 6.16. The van der Waals surface area contributed by atoms with Crippen molar-refractivity contribution in [3.05, 3.63) is 65.1 Å². The summed E-state index contributed by atoms with van der Waals surface area (Å²) in [4.78, 5) is 33.1. The summed E-state index contributed by atoms with van der Waals surface area (Å²) in [5.41, 5.74) is 4.23. The lowest BCUT2D eigenvalue weighted by molar-refractivity contribution is 0.0537. The fraction of sp³-hybridized carbons (Fsp3) is 0.375. The van der Waals surface area contributed by atoms with E-state index in [0.29, 0.717) is 43.3 Å². The Kier molecular flexibility index (Phi) is 5.75. The molecule has 1 aromatic carbocycles. The quantitative estimate of drug-likeness (QED) is 0.615. The Balaban J connectivity index is 1.51. The minimum atomic E-state index is -0.318. The monoisotopic (exact) mass is 450 g/mol. The molecule has 0 saturated carbocycles. The fourth-order valence-corrected chi connectivity index (χ4v) is 5.73. The number of amides is 1. The van der Waals surface area contributed by atoms with E-state index in [0.717, 1.165) is 22.0 Å². The van der Waals surface area contributed by atoms with Gasteiger partial charge in [0, 0.05) is 47.9 Å². The van der Waals surface area contributed by atoms with Crippen LogP contribution in [0.1, 0.15) is 32.6 Å². The first-order valence-electron chi connectivity index (χ1n) is 10.8. The molecule has 0 bridgehead atoms. The van der Waals surface area contributed by atoms with Crippen molar-refractivity contribution in [1.82, 2.24) is 19.8 Å². The number of carbonyl (C=O) groups excluding carboxylic acids is 2. The predicted octanol–water partition coefficient (Wildman–Crippen LogP) is 3.54. The van der Waals surface area contributed by atoms with Gasteiger partial charge in [-0.25, -0.2) is 4.79 Å². The summed E-state index contributed by atoms with van der Waals surface area (Å²) >= 11 is 1.71. The summed E-state index contributed by atoms with van der Waals surface area (Å²) in [6.07, 6.45) is 3.58. The smallest absolute Gasteiger partial charge is 0.329 e. The van der Waals surface area contributed by atoms with Crippen molar-refractivity contribution in [2.75, 3.05) is 32.1 Å². The topological polar surface area (TPSA) is 76.5 Å². The van der Waals surface area contributed by atoms with Crippen LogP contribution in [0, 0.1) is 13.8 Å². The van der Waals surface area contributed by atoms with Crippen LogP contribution in [0.4, 0.5) is 4.79 Å². The Morgan fingerprint density at radius 3 is 2.75 bits per heavy atom. The highest BCUT2D eigenvalue weighted by molar-refractivity contribution is 7.99. The molecule has 1 N–H and O–H groups in total. The number of hydrogen-bond acceptors (Lipinski definition) is 6. The second-order valence-electron chi connectivity index (χ2n) is 8.28. The van der Waals surface area contributed by atoms with Gasteiger partial charge in [-0.2, -0.15) is 0 Å². The molecular weight excluding hydrogens is 424 g/mol. The Morgan fingerprint density at radius 1 is 1.19 bits per heavy atom. The fourth-order valence-electron chi connectivity index (χ4n) is 4.51. The van der Waals surface area contributed by atoms with E-state index in [2.05, 4.69) is 10.3 Å². The molecule has 3 aromatic rings. The van der Waals surface area contributed by atoms with E-state index < -0.39 is 0 Å². The second kappa shape index (κ2) is 8.69. The highest BCUT2D eigenvalue weighted by atomic mass is 32.2. The number of ketones is 1. The van der Waals surface area contributed by atoms with Crippen LogP contribution in [-0.4, -0.2) is 64.4 Å². The molecule has 2 aromatic heterocycles. The number of rotatable bonds is 3. The van der Waals surface area contributed by atoms with Crippen molar-refractivity contribution in [3.63, 3.8) is 0 Å². The van der Waals surface area contributed by atoms with Gasteiger partial charge >= 0.3 is 6.03 Å². The van der Waals surface area contributed by atoms with Gasteiger partial charge in [0.25, 0.3) is 0 Å². The number of fused-ring (bicyclic) bond motifs is 1. The molecule has 2 fully saturated rings. The molecule has 0 aliphatic carbocycles. The number of benzene rings is 1. The summed E-state index contributed by atoms with van der Waals surface area (Å²) in [7, 11) is 0. The molecule has 0 radical (unpaired) electrons. The number of carbonyl (C=O) groups is 2. The zero-order chi connectivity index (χ0) is 22.2. The van der Waals surface area contributed by atoms with Crippen molar-refractivity contribution in [2.24, 2.45) is 0 Å². The molecule has 2 saturated heterocycles. The number of aryl methyl sites for hydroxylation is 1. The van der Waals surface area contributed by atoms with Gasteiger partial charge in [-0.05, 0) is 37.6 Å². The minimum absolute atomic E-state index is 0.0306. The highest BCUT2D eigenvalue weighted by Gasteiger charge is 2.35. The molecule has 5 rings (SSSR count). The van der Waals surface area contributed by atoms with Crippen LogP contribution in [0.15, 0.2) is 42.7 Å². The zero-order valence-electron chi connectivity index (χ0n) is 18.2. The molecule has 4 heterocycles. The predicted molar refractivity (Wildman–Crippen MR) is 125 cm³/mol. The van der Waals surface area contributed by atoms with Crippen molar-refractivity contribution in [2.45, 2.75) is 25.3 Å². The van der Waals surface area contributed by atoms with Gasteiger partial charge in [-0.3, -0.25) is 19.7 Å². The average molecular weight is 451 g/mol. The van der Waals surface area contributed by atoms with Crippen molar-refractivity contribution >= 4 is 34.5 Å². The van der Waals surface area contributed by atoms with Crippen LogP contribution in [0.3, 0.4) is 0 Å². The number of morpholine rings is 1. The highest BCUT2D eigenvalue weighted by Crippen LogP contribution is 2.35. The Morgan fingerprint density at radius 2 is 2.00 bits per heavy atom. The molecule has 8 heteroatoms. The lowest BCUT2D eigenvalue weighted by Crippen LogP contribution is -2.43. The number of Topliss-reactive ketones (excluding diaryl/α,β-unsaturated/α-hetero) is 1. The first-order valence-corrected chi connectivity index (χ1v) is 11.9. The van der Waals surface area contributed by atoms with Crippen molar-refractivity contribution < 1.29 is 14.3 Å². The zero-order valence-corrected chi connectivity index (χ0v) is 19.0. The van der Waals surface area contributed by atoms with Crippen LogP contribution in [0.25, 0.3) is 10.9 Å². The number of aromatic nitrogens is 2. The van der Waals surface area contributed by atoms with Crippen molar-refractivity contribution in [3.8, 4) is 0 Å². The molecule has 2 aliphatic heterocycles. The van der Waals surface area contributed by atoms with Gasteiger partial charge < -0.3 is 9.64 Å². The lowest BCUT2D eigenvalue weighted by atomic mass is 10.0. The second-order valence-corrected chi connectivity index (χ2v) is 9.42. The van der Waals surface area contributed by atoms with E-state index in [9.17, 15) is 9.59 Å². The minimum Gasteiger partial charge on any atom is -0.378 e. The van der Waals surface area contributed by atoms with E-state index in [4.69, 9.17) is 4.74 Å². The molecular formula is C24H26N4O3S. The molecule has 1 amide bonds. The summed E-state index contributed by atoms with van der Waals surface area (Å²) in [6.45, 7) is 6.07. The number of thioether (sulfide) groups is 1. The average Bonchev–Trinajstić information content (AvgIpc) is 3.42. The molecule has 166 valence electrons. The normalized spacial score (nSPS) is 21.2. The van der Waals surface area contributed by atoms with Gasteiger partial charge in [0.15, 0.2) is 5.78 Å². The van der Waals surface area contributed by atoms with E-state index in [1.54, 1.807) is 27.4 Å². The maximum absolute atomic E-state index is 13.7. The molecule has 1 unspecified atom stereocenters. The molecule has 32 heavy (non-hydrogen) atoms. The van der Waals surface area contributed by atoms with E-state index >= 15 is 0 Å². The number of hydrogen-bond donors (Lipinski definition) is 1. The number of nitrogens with zero attached hydrogens (tertiary/aromatic N) is 3. The van der Waals surface area contributed by atoms with Crippen LogP contribution in [0.2, 0.25) is 0 Å². The van der Waals surface area contributed by atoms with Gasteiger partial charge in [-0.15, -0.1) is 11.8 Å². The van der Waals surface area contributed by atoms with E-state index in [1.807, 2.05) is 50.4 Å². The third-order valence-corrected chi connectivity index (χ3v) is 7.43. The molecule has 2 aliphatic rings. The third kappa shape index (κ3) is 3.72. The lowest BCUT2D eigenvalue weighted by Gasteiger charge is -2.27. The SMILES string of the molecule is Cc1ccc2c(c1)c(C(=O)[C@@H]1CSC(c3cccnc3)N1)c(C)n2C(=O)N1CCOCC1. The molecule has 2 atom stereocenters. The summed E-state index contributed by atoms with van der Waals surface area (Å²) < 4.78 is 7.11. The number of ether oxygens (including phenoxy) is 1. The van der Waals surface area contributed by atoms with Gasteiger partial charge in [0.1, 0.15) is 0 Å². The summed E-state index contributed by atoms with van der Waals surface area (Å²) in [5.74, 6) is 0.707. The van der Waals surface area contributed by atoms with Crippen molar-refractivity contribution in [1.29, 1.82) is 0 Å². The maximum atomic E-state index is 13.7. The standard InChI is InChI=1S/C24H26N4O3S/c1-15-5-6-20-18(12-15)21(16(2)28(20)24(30)27-8-10-31-11-9-27)22(29)19-14-32-23(26-19)17-4-3-7-25-13-17/h3-7,12-13,19,23,26H,8-11,14H2,1-2H3/t19-,23?/m0/s1. The van der Waals surface area contributed by atoms with E-state index in [-0.39, 0.29) is 23.2 Å². The summed E-state index contributed by atoms with van der Waals surface area (Å²) in [5, 5.41) is 4.34. The Hall–Kier alpha value is -2.68. The van der Waals surface area contributed by atoms with E-state index in [1.165, 1.54) is 0 Å². The van der Waals surface area contributed by atoms with Gasteiger partial charge in [0.2, 0.25) is 0 Å². The Labute approximate surface area is 191 Å². The van der Waals surface area contributed by atoms with Gasteiger partial charge in [0.05, 0.1) is 30.1 Å². The largest absolute Gasteiger partial charge is 0.378 e. The molecule has 0 spiro atoms. The first-order chi connectivity index (χ1) is 15.5. The van der Waals surface area contributed by atoms with Crippen LogP contribution < -0.4 is 5.32 Å². The van der Waals surface area contributed by atoms with Gasteiger partial charge in [-0.1, -0.05) is 17.7 Å². The maximum Gasteiger partial charge on any atom is 0.329 e. The van der Waals surface area contributed by atoms with Crippen LogP contribution in [0.5, 0.6) is 0 Å². The molecule has 7 nitrogen and oxygen atoms in total. The number of nitrogens with one attached hydrogen (secondary N) is 1. The first kappa shape index (κ1) is 21.2. The Bertz CT molecular complexity index is 1170. The summed E-state index contributed by atoms with van der Waals surface area (Å²) in [6, 6.07) is 9.46. The van der Waals surface area contributed by atoms with Crippen LogP contribution >= 0.6 is 11.8 Å². The number of pyridine rings is 1.